The molecule has 0 saturated carbocycles. The number of hydrogen-bond acceptors (Lipinski definition) is 7. The van der Waals surface area contributed by atoms with E-state index in [-0.39, 0.29) is 24.8 Å². The summed E-state index contributed by atoms with van der Waals surface area (Å²) in [4.78, 5) is 27.8. The number of carbonyl (C=O) groups is 2. The van der Waals surface area contributed by atoms with Crippen LogP contribution in [0.3, 0.4) is 0 Å². The van der Waals surface area contributed by atoms with E-state index in [4.69, 9.17) is 14.2 Å². The maximum absolute atomic E-state index is 12.6. The predicted octanol–water partition coefficient (Wildman–Crippen LogP) is 2.32. The Morgan fingerprint density at radius 1 is 1.27 bits per heavy atom. The topological polar surface area (TPSA) is 77.1 Å². The number of nitrogens with one attached hydrogen (secondary N) is 1. The third kappa shape index (κ3) is 4.09. The lowest BCUT2D eigenvalue weighted by atomic mass is 10.0. The lowest BCUT2D eigenvalue weighted by Crippen LogP contribution is -2.50. The predicted molar refractivity (Wildman–Crippen MR) is 98.7 cm³/mol. The fraction of sp³-hybridized carbons (Fsp3) is 0.667. The van der Waals surface area contributed by atoms with E-state index in [1.807, 2.05) is 13.8 Å². The van der Waals surface area contributed by atoms with E-state index in [0.29, 0.717) is 23.8 Å². The van der Waals surface area contributed by atoms with Crippen molar-refractivity contribution in [2.24, 2.45) is 0 Å². The summed E-state index contributed by atoms with van der Waals surface area (Å²) < 4.78 is 16.2. The molecule has 1 aromatic heterocycles. The molecule has 3 rings (SSSR count). The Morgan fingerprint density at radius 2 is 2.00 bits per heavy atom. The molecule has 1 amide bonds. The first-order valence-electron chi connectivity index (χ1n) is 8.96. The number of piperidine rings is 1. The molecule has 1 unspecified atom stereocenters. The molecule has 8 heteroatoms. The molecule has 0 aromatic carbocycles. The van der Waals surface area contributed by atoms with Crippen molar-refractivity contribution >= 4 is 28.2 Å². The molecular formula is C18H26N2O5S. The number of esters is 1. The SMILES string of the molecule is COC(=O)c1c(NC(=O)CN2CCCCC2C2OCCO2)sc(C)c1C. The summed E-state index contributed by atoms with van der Waals surface area (Å²) in [6.07, 6.45) is 2.88. The highest BCUT2D eigenvalue weighted by Gasteiger charge is 2.34. The number of methoxy groups -OCH3 is 1. The molecule has 2 aliphatic rings. The molecular weight excluding hydrogens is 356 g/mol. The van der Waals surface area contributed by atoms with Crippen LogP contribution in [0.15, 0.2) is 0 Å². The largest absolute Gasteiger partial charge is 0.465 e. The molecule has 0 bridgehead atoms. The number of ether oxygens (including phenoxy) is 3. The number of hydrogen-bond donors (Lipinski definition) is 1. The lowest BCUT2D eigenvalue weighted by Gasteiger charge is -2.37. The first-order valence-corrected chi connectivity index (χ1v) is 9.78. The number of nitrogens with zero attached hydrogens (tertiary/aromatic N) is 1. The molecule has 2 fully saturated rings. The van der Waals surface area contributed by atoms with Crippen molar-refractivity contribution in [3.05, 3.63) is 16.0 Å². The molecule has 0 spiro atoms. The zero-order chi connectivity index (χ0) is 18.7. The van der Waals surface area contributed by atoms with Crippen LogP contribution < -0.4 is 5.32 Å². The van der Waals surface area contributed by atoms with Gasteiger partial charge >= 0.3 is 5.97 Å². The third-order valence-corrected chi connectivity index (χ3v) is 6.12. The highest BCUT2D eigenvalue weighted by atomic mass is 32.1. The molecule has 3 heterocycles. The van der Waals surface area contributed by atoms with Crippen molar-refractivity contribution in [3.63, 3.8) is 0 Å². The Hall–Kier alpha value is -1.48. The van der Waals surface area contributed by atoms with Crippen LogP contribution in [0.25, 0.3) is 0 Å². The molecule has 1 N–H and O–H groups in total. The Bertz CT molecular complexity index is 669. The summed E-state index contributed by atoms with van der Waals surface area (Å²) in [5, 5.41) is 3.46. The maximum atomic E-state index is 12.6. The second kappa shape index (κ2) is 8.47. The van der Waals surface area contributed by atoms with Crippen molar-refractivity contribution in [2.45, 2.75) is 45.4 Å². The molecule has 7 nitrogen and oxygen atoms in total. The number of likely N-dealkylation sites (tertiary alicyclic amines) is 1. The van der Waals surface area contributed by atoms with Crippen molar-refractivity contribution in [3.8, 4) is 0 Å². The quantitative estimate of drug-likeness (QED) is 0.788. The van der Waals surface area contributed by atoms with Crippen LogP contribution in [0.5, 0.6) is 0 Å². The van der Waals surface area contributed by atoms with Gasteiger partial charge in [0.2, 0.25) is 5.91 Å². The first-order chi connectivity index (χ1) is 12.5. The van der Waals surface area contributed by atoms with Gasteiger partial charge in [-0.2, -0.15) is 0 Å². The summed E-state index contributed by atoms with van der Waals surface area (Å²) in [7, 11) is 1.35. The number of anilines is 1. The Kier molecular flexibility index (Phi) is 6.29. The number of rotatable bonds is 5. The van der Waals surface area contributed by atoms with Gasteiger partial charge in [0.15, 0.2) is 6.29 Å². The van der Waals surface area contributed by atoms with Crippen LogP contribution >= 0.6 is 11.3 Å². The zero-order valence-electron chi connectivity index (χ0n) is 15.5. The lowest BCUT2D eigenvalue weighted by molar-refractivity contribution is -0.127. The van der Waals surface area contributed by atoms with Gasteiger partial charge in [-0.1, -0.05) is 6.42 Å². The third-order valence-electron chi connectivity index (χ3n) is 5.00. The summed E-state index contributed by atoms with van der Waals surface area (Å²) in [6, 6.07) is 0.101. The number of thiophene rings is 1. The average Bonchev–Trinajstić information content (AvgIpc) is 3.24. The smallest absolute Gasteiger partial charge is 0.341 e. The highest BCUT2D eigenvalue weighted by molar-refractivity contribution is 7.16. The Balaban J connectivity index is 1.68. The summed E-state index contributed by atoms with van der Waals surface area (Å²) in [6.45, 7) is 6.10. The molecule has 0 aliphatic carbocycles. The standard InChI is InChI=1S/C18H26N2O5S/c1-11-12(2)26-16(15(11)17(22)23-3)19-14(21)10-20-7-5-4-6-13(20)18-24-8-9-25-18/h13,18H,4-10H2,1-3H3,(H,19,21). The molecule has 26 heavy (non-hydrogen) atoms. The van der Waals surface area contributed by atoms with E-state index in [1.165, 1.54) is 18.4 Å². The van der Waals surface area contributed by atoms with Gasteiger partial charge in [0.25, 0.3) is 0 Å². The zero-order valence-corrected chi connectivity index (χ0v) is 16.3. The van der Waals surface area contributed by atoms with Gasteiger partial charge < -0.3 is 19.5 Å². The first kappa shape index (κ1) is 19.3. The second-order valence-electron chi connectivity index (χ2n) is 6.67. The van der Waals surface area contributed by atoms with Crippen LogP contribution in [0, 0.1) is 13.8 Å². The van der Waals surface area contributed by atoms with Gasteiger partial charge in [-0.05, 0) is 38.8 Å². The monoisotopic (exact) mass is 382 g/mol. The van der Waals surface area contributed by atoms with Crippen LogP contribution in [0.2, 0.25) is 0 Å². The molecule has 2 aliphatic heterocycles. The van der Waals surface area contributed by atoms with E-state index in [1.54, 1.807) is 0 Å². The van der Waals surface area contributed by atoms with Gasteiger partial charge in [0, 0.05) is 4.88 Å². The summed E-state index contributed by atoms with van der Waals surface area (Å²) in [5.74, 6) is -0.563. The summed E-state index contributed by atoms with van der Waals surface area (Å²) in [5.41, 5.74) is 1.29. The van der Waals surface area contributed by atoms with E-state index in [9.17, 15) is 9.59 Å². The van der Waals surface area contributed by atoms with Crippen molar-refractivity contribution in [1.29, 1.82) is 0 Å². The van der Waals surface area contributed by atoms with E-state index in [2.05, 4.69) is 10.2 Å². The van der Waals surface area contributed by atoms with Crippen LogP contribution in [0.4, 0.5) is 5.00 Å². The van der Waals surface area contributed by atoms with Gasteiger partial charge in [0.05, 0.1) is 38.5 Å². The van der Waals surface area contributed by atoms with Gasteiger partial charge in [0.1, 0.15) is 5.00 Å². The molecule has 144 valence electrons. The average molecular weight is 382 g/mol. The highest BCUT2D eigenvalue weighted by Crippen LogP contribution is 2.33. The minimum absolute atomic E-state index is 0.101. The van der Waals surface area contributed by atoms with E-state index >= 15 is 0 Å². The van der Waals surface area contributed by atoms with E-state index < -0.39 is 5.97 Å². The number of aryl methyl sites for hydroxylation is 1. The molecule has 1 aromatic rings. The number of amides is 1. The normalized spacial score (nSPS) is 21.7. The van der Waals surface area contributed by atoms with Crippen LogP contribution in [-0.4, -0.2) is 62.5 Å². The van der Waals surface area contributed by atoms with Gasteiger partial charge in [-0.15, -0.1) is 11.3 Å². The Morgan fingerprint density at radius 3 is 2.69 bits per heavy atom. The molecule has 2 saturated heterocycles. The maximum Gasteiger partial charge on any atom is 0.341 e. The van der Waals surface area contributed by atoms with Crippen molar-refractivity contribution in [1.82, 2.24) is 4.90 Å². The minimum atomic E-state index is -0.425. The van der Waals surface area contributed by atoms with Gasteiger partial charge in [-0.3, -0.25) is 9.69 Å². The van der Waals surface area contributed by atoms with Crippen LogP contribution in [0.1, 0.15) is 40.1 Å². The minimum Gasteiger partial charge on any atom is -0.465 e. The fourth-order valence-electron chi connectivity index (χ4n) is 3.53. The summed E-state index contributed by atoms with van der Waals surface area (Å²) >= 11 is 1.40. The fourth-order valence-corrected chi connectivity index (χ4v) is 4.60. The van der Waals surface area contributed by atoms with E-state index in [0.717, 1.165) is 36.2 Å². The second-order valence-corrected chi connectivity index (χ2v) is 7.90. The Labute approximate surface area is 157 Å². The molecule has 1 atom stereocenters. The van der Waals surface area contributed by atoms with Crippen molar-refractivity contribution in [2.75, 3.05) is 38.7 Å². The van der Waals surface area contributed by atoms with Gasteiger partial charge in [-0.25, -0.2) is 4.79 Å². The van der Waals surface area contributed by atoms with Crippen LogP contribution in [-0.2, 0) is 19.0 Å². The van der Waals surface area contributed by atoms with Crippen molar-refractivity contribution < 1.29 is 23.8 Å². The molecule has 0 radical (unpaired) electrons. The number of carbonyl (C=O) groups excluding carboxylic acids is 2.